The number of cyclic esters (lactones) is 1. The largest absolute Gasteiger partial charge is 0.459 e. The lowest BCUT2D eigenvalue weighted by Gasteiger charge is -2.49. The van der Waals surface area contributed by atoms with E-state index in [-0.39, 0.29) is 38.0 Å². The first-order valence-corrected chi connectivity index (χ1v) is 23.0. The highest BCUT2D eigenvalue weighted by Gasteiger charge is 2.54. The number of carbonyl (C=O) groups is 2. The Morgan fingerprint density at radius 3 is 2.26 bits per heavy atom. The van der Waals surface area contributed by atoms with Gasteiger partial charge in [-0.15, -0.1) is 11.3 Å². The predicted octanol–water partition coefficient (Wildman–Crippen LogP) is 4.46. The highest BCUT2D eigenvalue weighted by Crippen LogP contribution is 2.41. The van der Waals surface area contributed by atoms with E-state index in [0.29, 0.717) is 18.6 Å². The van der Waals surface area contributed by atoms with Crippen molar-refractivity contribution in [1.82, 2.24) is 4.90 Å². The summed E-state index contributed by atoms with van der Waals surface area (Å²) in [7, 11) is 5.24. The van der Waals surface area contributed by atoms with Gasteiger partial charge in [-0.1, -0.05) is 38.9 Å². The van der Waals surface area contributed by atoms with Crippen LogP contribution in [0.25, 0.3) is 0 Å². The predicted molar refractivity (Wildman–Crippen MR) is 232 cm³/mol. The molecule has 0 bridgehead atoms. The summed E-state index contributed by atoms with van der Waals surface area (Å²) in [6.07, 6.45) is -8.67. The van der Waals surface area contributed by atoms with E-state index in [1.807, 2.05) is 50.4 Å². The van der Waals surface area contributed by atoms with Gasteiger partial charge in [-0.2, -0.15) is 0 Å². The van der Waals surface area contributed by atoms with Crippen LogP contribution in [0.5, 0.6) is 0 Å². The molecule has 3 aliphatic heterocycles. The molecular weight excluding hydrogens is 825 g/mol. The number of hydrogen-bond acceptors (Lipinski definition) is 17. The van der Waals surface area contributed by atoms with Crippen LogP contribution in [0.3, 0.4) is 0 Å². The Hall–Kier alpha value is -2.29. The Labute approximate surface area is 372 Å². The van der Waals surface area contributed by atoms with Gasteiger partial charge in [0.25, 0.3) is 0 Å². The van der Waals surface area contributed by atoms with Gasteiger partial charge in [-0.3, -0.25) is 9.59 Å². The summed E-state index contributed by atoms with van der Waals surface area (Å²) in [6, 6.07) is 3.63. The van der Waals surface area contributed by atoms with Gasteiger partial charge in [0.2, 0.25) is 0 Å². The maximum Gasteiger partial charge on any atom is 0.311 e. The van der Waals surface area contributed by atoms with Gasteiger partial charge in [0, 0.05) is 55.5 Å². The number of hydrogen-bond donors (Lipinski definition) is 4. The fourth-order valence-corrected chi connectivity index (χ4v) is 10.4. The summed E-state index contributed by atoms with van der Waals surface area (Å²) in [5.41, 5.74) is -4.40. The smallest absolute Gasteiger partial charge is 0.311 e. The highest BCUT2D eigenvalue weighted by atomic mass is 32.1. The number of esters is 2. The second-order valence-electron chi connectivity index (χ2n) is 18.8. The fraction of sp³-hybridized carbons (Fsp3) is 0.844. The monoisotopic (exact) mass is 901 g/mol. The standard InChI is InChI=1S/C45H76N2O14S/c1-15-33-45(11,53)38(50)26(4)35(46-55-19-18-31-17-16-20-62-31)24(2)22-43(9,52)39(61-42-36(49)32(47(12)13)21-25(3)56-42)27(5)37(28(6)41(51)59-33)60-34-23-44(10,54-14)40(29(7)57-34)58-30(8)48/h16-17,20,24-29,32-34,36-40,42,49-50,52-53H,15,18-19,21-23H2,1-14H3/b46-35+/t24-,25-,26-,27+,28-,29+,32+,33+,34+,36-,37+,38-,39-,40+,42+,43?,44-,45-/m1/s1. The molecule has 3 aliphatic rings. The molecule has 3 fully saturated rings. The van der Waals surface area contributed by atoms with Crippen molar-refractivity contribution >= 4 is 29.0 Å². The molecule has 0 aliphatic carbocycles. The molecule has 0 radical (unpaired) electrons. The second-order valence-corrected chi connectivity index (χ2v) is 19.9. The molecule has 16 nitrogen and oxygen atoms in total. The number of likely N-dealkylation sites (N-methyl/N-ethyl adjacent to an activating group) is 1. The van der Waals surface area contributed by atoms with Crippen LogP contribution >= 0.6 is 11.3 Å². The average molecular weight is 901 g/mol. The summed E-state index contributed by atoms with van der Waals surface area (Å²) < 4.78 is 43.9. The van der Waals surface area contributed by atoms with Crippen molar-refractivity contribution in [2.45, 2.75) is 193 Å². The van der Waals surface area contributed by atoms with E-state index >= 15 is 0 Å². The Balaban J connectivity index is 1.85. The maximum atomic E-state index is 14.5. The summed E-state index contributed by atoms with van der Waals surface area (Å²) in [5.74, 6) is -4.59. The summed E-state index contributed by atoms with van der Waals surface area (Å²) in [5, 5.41) is 55.2. The van der Waals surface area contributed by atoms with Gasteiger partial charge in [0.15, 0.2) is 18.7 Å². The zero-order valence-corrected chi connectivity index (χ0v) is 40.1. The van der Waals surface area contributed by atoms with E-state index in [1.165, 1.54) is 21.0 Å². The Morgan fingerprint density at radius 2 is 1.68 bits per heavy atom. The van der Waals surface area contributed by atoms with Crippen molar-refractivity contribution in [3.8, 4) is 0 Å². The molecule has 4 rings (SSSR count). The molecule has 0 spiro atoms. The van der Waals surface area contributed by atoms with Gasteiger partial charge in [0.1, 0.15) is 30.0 Å². The summed E-state index contributed by atoms with van der Waals surface area (Å²) >= 11 is 1.60. The normalized spacial score (nSPS) is 43.5. The fourth-order valence-electron chi connectivity index (χ4n) is 9.70. The van der Waals surface area contributed by atoms with Crippen molar-refractivity contribution in [2.24, 2.45) is 28.8 Å². The Kier molecular flexibility index (Phi) is 18.4. The third kappa shape index (κ3) is 12.3. The number of carbonyl (C=O) groups excluding carboxylic acids is 2. The van der Waals surface area contributed by atoms with E-state index in [2.05, 4.69) is 5.16 Å². The van der Waals surface area contributed by atoms with Gasteiger partial charge in [-0.05, 0) is 86.3 Å². The molecule has 0 amide bonds. The molecule has 0 aromatic carbocycles. The van der Waals surface area contributed by atoms with E-state index < -0.39 is 108 Å². The molecule has 3 saturated heterocycles. The van der Waals surface area contributed by atoms with E-state index in [9.17, 15) is 30.0 Å². The second kappa shape index (κ2) is 21.8. The van der Waals surface area contributed by atoms with Gasteiger partial charge in [0.05, 0.1) is 47.8 Å². The van der Waals surface area contributed by atoms with E-state index in [0.717, 1.165) is 4.88 Å². The van der Waals surface area contributed by atoms with Crippen LogP contribution in [0.1, 0.15) is 107 Å². The van der Waals surface area contributed by atoms with Crippen LogP contribution in [-0.2, 0) is 54.0 Å². The summed E-state index contributed by atoms with van der Waals surface area (Å²) in [4.78, 5) is 35.5. The topological polar surface area (TPSA) is 204 Å². The third-order valence-corrected chi connectivity index (χ3v) is 14.2. The first-order valence-electron chi connectivity index (χ1n) is 22.1. The lowest BCUT2D eigenvalue weighted by molar-refractivity contribution is -0.318. The highest BCUT2D eigenvalue weighted by molar-refractivity contribution is 7.09. The van der Waals surface area contributed by atoms with Crippen molar-refractivity contribution in [3.05, 3.63) is 22.4 Å². The van der Waals surface area contributed by atoms with Gasteiger partial charge < -0.3 is 63.3 Å². The number of ether oxygens (including phenoxy) is 7. The molecule has 18 atom stereocenters. The van der Waals surface area contributed by atoms with Crippen LogP contribution in [0.4, 0.5) is 0 Å². The number of methoxy groups -OCH3 is 1. The minimum atomic E-state index is -1.96. The molecular formula is C45H76N2O14S. The maximum absolute atomic E-state index is 14.5. The quantitative estimate of drug-likeness (QED) is 0.130. The first kappa shape index (κ1) is 52.3. The number of aliphatic hydroxyl groups excluding tert-OH is 2. The Bertz CT molecular complexity index is 1610. The molecule has 4 heterocycles. The molecule has 1 aromatic heterocycles. The van der Waals surface area contributed by atoms with Crippen LogP contribution in [-0.4, -0.2) is 155 Å². The van der Waals surface area contributed by atoms with Crippen LogP contribution in [0, 0.1) is 23.7 Å². The van der Waals surface area contributed by atoms with Crippen molar-refractivity contribution < 1.29 is 68.0 Å². The minimum absolute atomic E-state index is 0.00463. The van der Waals surface area contributed by atoms with Gasteiger partial charge in [-0.25, -0.2) is 0 Å². The van der Waals surface area contributed by atoms with Gasteiger partial charge >= 0.3 is 11.9 Å². The molecule has 356 valence electrons. The third-order valence-electron chi connectivity index (χ3n) is 13.3. The van der Waals surface area contributed by atoms with E-state index in [1.54, 1.807) is 59.8 Å². The van der Waals surface area contributed by atoms with E-state index in [4.69, 9.17) is 38.0 Å². The SMILES string of the molecule is CC[C@@H]1OC(=O)[C@H](C)[C@@H](O[C@H]2C[C@@](C)(OC)[C@@H](OC(C)=O)[C@H](C)O2)[C@H](C)[C@@H](O[C@@H]2O[C@H](C)C[C@H](N(C)C)[C@H]2O)C(C)(O)C[C@@H](C)/C(=N\OCCc2cccs2)[C@@H](C)[C@@H](O)[C@]1(C)O. The molecule has 62 heavy (non-hydrogen) atoms. The first-order chi connectivity index (χ1) is 28.9. The number of nitrogens with zero attached hydrogens (tertiary/aromatic N) is 2. The van der Waals surface area contributed by atoms with Crippen LogP contribution in [0.2, 0.25) is 0 Å². The van der Waals surface area contributed by atoms with Crippen molar-refractivity contribution in [3.63, 3.8) is 0 Å². The summed E-state index contributed by atoms with van der Waals surface area (Å²) in [6.45, 7) is 18.8. The van der Waals surface area contributed by atoms with Crippen molar-refractivity contribution in [2.75, 3.05) is 27.8 Å². The molecule has 1 aromatic rings. The number of oxime groups is 1. The lowest BCUT2D eigenvalue weighted by Crippen LogP contribution is -2.61. The lowest BCUT2D eigenvalue weighted by atomic mass is 9.73. The van der Waals surface area contributed by atoms with Crippen LogP contribution in [0.15, 0.2) is 22.7 Å². The zero-order chi connectivity index (χ0) is 46.5. The van der Waals surface area contributed by atoms with Crippen LogP contribution < -0.4 is 0 Å². The number of thiophene rings is 1. The van der Waals surface area contributed by atoms with Crippen molar-refractivity contribution in [1.29, 1.82) is 0 Å². The average Bonchev–Trinajstić information content (AvgIpc) is 3.72. The molecule has 0 saturated carbocycles. The molecule has 1 unspecified atom stereocenters. The molecule has 17 heteroatoms. The zero-order valence-electron chi connectivity index (χ0n) is 39.3. The number of rotatable bonds is 12. The Morgan fingerprint density at radius 1 is 1.00 bits per heavy atom. The minimum Gasteiger partial charge on any atom is -0.459 e. The molecule has 4 N–H and O–H groups in total. The number of aliphatic hydroxyl groups is 4.